The normalized spacial score (nSPS) is 10.9. The number of anilines is 1. The lowest BCUT2D eigenvalue weighted by Crippen LogP contribution is -2.04. The van der Waals surface area contributed by atoms with Crippen LogP contribution in [0, 0.1) is 0 Å². The van der Waals surface area contributed by atoms with Crippen LogP contribution in [-0.4, -0.2) is 17.8 Å². The van der Waals surface area contributed by atoms with Gasteiger partial charge in [-0.15, -0.1) is 0 Å². The van der Waals surface area contributed by atoms with Gasteiger partial charge in [-0.1, -0.05) is 18.2 Å². The number of hydrogen-bond acceptors (Lipinski definition) is 4. The molecule has 0 aliphatic rings. The largest absolute Gasteiger partial charge is 0.434 e. The Morgan fingerprint density at radius 3 is 2.68 bits per heavy atom. The zero-order valence-electron chi connectivity index (χ0n) is 9.83. The Morgan fingerprint density at radius 1 is 1.16 bits per heavy atom. The fourth-order valence-corrected chi connectivity index (χ4v) is 1.39. The summed E-state index contributed by atoms with van der Waals surface area (Å²) in [7, 11) is 0. The molecule has 0 bridgehead atoms. The van der Waals surface area contributed by atoms with Crippen molar-refractivity contribution in [3.63, 3.8) is 0 Å². The summed E-state index contributed by atoms with van der Waals surface area (Å²) in [6, 6.07) is 11.7. The molecule has 0 atom stereocenters. The van der Waals surface area contributed by atoms with Crippen molar-refractivity contribution in [2.75, 3.05) is 5.43 Å². The molecule has 4 nitrogen and oxygen atoms in total. The average molecular weight is 263 g/mol. The first kappa shape index (κ1) is 12.9. The van der Waals surface area contributed by atoms with Gasteiger partial charge in [0.25, 0.3) is 0 Å². The molecule has 2 rings (SSSR count). The van der Waals surface area contributed by atoms with E-state index in [0.29, 0.717) is 11.4 Å². The number of pyridine rings is 1. The van der Waals surface area contributed by atoms with E-state index in [4.69, 9.17) is 0 Å². The van der Waals surface area contributed by atoms with Gasteiger partial charge in [0, 0.05) is 11.8 Å². The highest BCUT2D eigenvalue weighted by atomic mass is 19.3. The van der Waals surface area contributed by atoms with Crippen LogP contribution >= 0.6 is 0 Å². The van der Waals surface area contributed by atoms with Crippen molar-refractivity contribution in [2.45, 2.75) is 6.61 Å². The SMILES string of the molecule is FC(F)Oc1ccccc1/C=N/Nc1ccccn1. The minimum absolute atomic E-state index is 0.0732. The lowest BCUT2D eigenvalue weighted by atomic mass is 10.2. The predicted octanol–water partition coefficient (Wildman–Crippen LogP) is 3.13. The van der Waals surface area contributed by atoms with E-state index in [1.165, 1.54) is 12.3 Å². The van der Waals surface area contributed by atoms with Gasteiger partial charge in [0.1, 0.15) is 11.6 Å². The van der Waals surface area contributed by atoms with Gasteiger partial charge in [-0.3, -0.25) is 5.43 Å². The van der Waals surface area contributed by atoms with Crippen LogP contribution in [0.25, 0.3) is 0 Å². The van der Waals surface area contributed by atoms with E-state index in [1.54, 1.807) is 42.6 Å². The van der Waals surface area contributed by atoms with Crippen molar-refractivity contribution in [2.24, 2.45) is 5.10 Å². The third-order valence-corrected chi connectivity index (χ3v) is 2.18. The minimum atomic E-state index is -2.86. The number of nitrogens with one attached hydrogen (secondary N) is 1. The summed E-state index contributed by atoms with van der Waals surface area (Å²) in [4.78, 5) is 4.00. The topological polar surface area (TPSA) is 46.5 Å². The minimum Gasteiger partial charge on any atom is -0.434 e. The van der Waals surface area contributed by atoms with Gasteiger partial charge in [0.15, 0.2) is 0 Å². The highest BCUT2D eigenvalue weighted by Gasteiger charge is 2.07. The first-order chi connectivity index (χ1) is 9.25. The number of para-hydroxylation sites is 1. The molecule has 1 N–H and O–H groups in total. The van der Waals surface area contributed by atoms with Gasteiger partial charge in [-0.25, -0.2) is 4.98 Å². The Labute approximate surface area is 108 Å². The molecular formula is C13H11F2N3O. The Bertz CT molecular complexity index is 547. The Kier molecular flexibility index (Phi) is 4.39. The maximum Gasteiger partial charge on any atom is 0.387 e. The van der Waals surface area contributed by atoms with Crippen molar-refractivity contribution in [1.29, 1.82) is 0 Å². The van der Waals surface area contributed by atoms with Crippen LogP contribution in [0.3, 0.4) is 0 Å². The van der Waals surface area contributed by atoms with Crippen LogP contribution < -0.4 is 10.2 Å². The molecular weight excluding hydrogens is 252 g/mol. The summed E-state index contributed by atoms with van der Waals surface area (Å²) >= 11 is 0. The molecule has 1 heterocycles. The van der Waals surface area contributed by atoms with Crippen LogP contribution in [0.4, 0.5) is 14.6 Å². The van der Waals surface area contributed by atoms with Crippen molar-refractivity contribution >= 4 is 12.0 Å². The summed E-state index contributed by atoms with van der Waals surface area (Å²) in [6.45, 7) is -2.86. The highest BCUT2D eigenvalue weighted by Crippen LogP contribution is 2.18. The Balaban J connectivity index is 2.06. The first-order valence-electron chi connectivity index (χ1n) is 5.49. The number of nitrogens with zero attached hydrogens (tertiary/aromatic N) is 2. The number of rotatable bonds is 5. The van der Waals surface area contributed by atoms with Crippen molar-refractivity contribution in [3.05, 3.63) is 54.2 Å². The maximum absolute atomic E-state index is 12.2. The molecule has 0 unspecified atom stereocenters. The number of hydrazone groups is 1. The van der Waals surface area contributed by atoms with Gasteiger partial charge in [0.05, 0.1) is 6.21 Å². The number of alkyl halides is 2. The first-order valence-corrected chi connectivity index (χ1v) is 5.49. The molecule has 6 heteroatoms. The summed E-state index contributed by atoms with van der Waals surface area (Å²) < 4.78 is 28.8. The van der Waals surface area contributed by atoms with Crippen LogP contribution in [-0.2, 0) is 0 Å². The van der Waals surface area contributed by atoms with E-state index in [0.717, 1.165) is 0 Å². The van der Waals surface area contributed by atoms with E-state index >= 15 is 0 Å². The molecule has 19 heavy (non-hydrogen) atoms. The van der Waals surface area contributed by atoms with E-state index in [9.17, 15) is 8.78 Å². The average Bonchev–Trinajstić information content (AvgIpc) is 2.41. The number of aromatic nitrogens is 1. The maximum atomic E-state index is 12.2. The van der Waals surface area contributed by atoms with E-state index in [1.807, 2.05) is 0 Å². The van der Waals surface area contributed by atoms with Crippen LogP contribution in [0.2, 0.25) is 0 Å². The summed E-state index contributed by atoms with van der Waals surface area (Å²) in [5.74, 6) is 0.634. The molecule has 0 aliphatic carbocycles. The third kappa shape index (κ3) is 4.02. The van der Waals surface area contributed by atoms with Gasteiger partial charge >= 0.3 is 6.61 Å². The molecule has 0 aliphatic heterocycles. The summed E-state index contributed by atoms with van der Waals surface area (Å²) in [5, 5.41) is 3.92. The predicted molar refractivity (Wildman–Crippen MR) is 68.5 cm³/mol. The van der Waals surface area contributed by atoms with E-state index < -0.39 is 6.61 Å². The van der Waals surface area contributed by atoms with Crippen molar-refractivity contribution < 1.29 is 13.5 Å². The lowest BCUT2D eigenvalue weighted by Gasteiger charge is -2.06. The second-order valence-corrected chi connectivity index (χ2v) is 3.50. The van der Waals surface area contributed by atoms with Crippen molar-refractivity contribution in [1.82, 2.24) is 4.98 Å². The Hall–Kier alpha value is -2.50. The van der Waals surface area contributed by atoms with Gasteiger partial charge in [0.2, 0.25) is 0 Å². The fraction of sp³-hybridized carbons (Fsp3) is 0.0769. The quantitative estimate of drug-likeness (QED) is 0.666. The fourth-order valence-electron chi connectivity index (χ4n) is 1.39. The second kappa shape index (κ2) is 6.44. The van der Waals surface area contributed by atoms with Crippen LogP contribution in [0.1, 0.15) is 5.56 Å². The van der Waals surface area contributed by atoms with E-state index in [-0.39, 0.29) is 5.75 Å². The van der Waals surface area contributed by atoms with Crippen molar-refractivity contribution in [3.8, 4) is 5.75 Å². The zero-order valence-corrected chi connectivity index (χ0v) is 9.83. The zero-order chi connectivity index (χ0) is 13.5. The van der Waals surface area contributed by atoms with Gasteiger partial charge < -0.3 is 4.74 Å². The molecule has 98 valence electrons. The molecule has 0 amide bonds. The van der Waals surface area contributed by atoms with Gasteiger partial charge in [-0.2, -0.15) is 13.9 Å². The Morgan fingerprint density at radius 2 is 1.95 bits per heavy atom. The lowest BCUT2D eigenvalue weighted by molar-refractivity contribution is -0.0499. The monoisotopic (exact) mass is 263 g/mol. The molecule has 1 aromatic carbocycles. The third-order valence-electron chi connectivity index (χ3n) is 2.18. The standard InChI is InChI=1S/C13H11F2N3O/c14-13(15)19-11-6-2-1-5-10(11)9-17-18-12-7-3-4-8-16-12/h1-9,13H,(H,16,18)/b17-9+. The number of benzene rings is 1. The second-order valence-electron chi connectivity index (χ2n) is 3.50. The number of halogens is 2. The van der Waals surface area contributed by atoms with Crippen LogP contribution in [0.15, 0.2) is 53.8 Å². The number of hydrogen-bond donors (Lipinski definition) is 1. The molecule has 0 saturated heterocycles. The molecule has 0 fully saturated rings. The number of ether oxygens (including phenoxy) is 1. The molecule has 2 aromatic rings. The molecule has 1 aromatic heterocycles. The van der Waals surface area contributed by atoms with E-state index in [2.05, 4.69) is 20.2 Å². The molecule has 0 radical (unpaired) electrons. The summed E-state index contributed by atoms with van der Waals surface area (Å²) in [6.07, 6.45) is 3.01. The highest BCUT2D eigenvalue weighted by molar-refractivity contribution is 5.83. The summed E-state index contributed by atoms with van der Waals surface area (Å²) in [5.41, 5.74) is 3.14. The molecule has 0 saturated carbocycles. The smallest absolute Gasteiger partial charge is 0.387 e. The van der Waals surface area contributed by atoms with Gasteiger partial charge in [-0.05, 0) is 24.3 Å². The van der Waals surface area contributed by atoms with Crippen LogP contribution in [0.5, 0.6) is 5.75 Å². The molecule has 0 spiro atoms.